The van der Waals surface area contributed by atoms with Gasteiger partial charge >= 0.3 is 6.36 Å². The summed E-state index contributed by atoms with van der Waals surface area (Å²) in [6.45, 7) is 4.04. The molecule has 6 nitrogen and oxygen atoms in total. The number of nitrogens with zero attached hydrogens (tertiary/aromatic N) is 3. The highest BCUT2D eigenvalue weighted by Crippen LogP contribution is 2.33. The van der Waals surface area contributed by atoms with Gasteiger partial charge in [-0.05, 0) is 43.7 Å². The quantitative estimate of drug-likeness (QED) is 0.469. The van der Waals surface area contributed by atoms with Crippen molar-refractivity contribution in [1.29, 1.82) is 0 Å². The highest BCUT2D eigenvalue weighted by molar-refractivity contribution is 6.32. The van der Waals surface area contributed by atoms with E-state index in [1.165, 1.54) is 12.1 Å². The minimum absolute atomic E-state index is 0.144. The third-order valence-electron chi connectivity index (χ3n) is 4.07. The number of hydrogen-bond acceptors (Lipinski definition) is 6. The van der Waals surface area contributed by atoms with E-state index < -0.39 is 12.1 Å². The molecule has 0 spiro atoms. The van der Waals surface area contributed by atoms with Gasteiger partial charge in [0.1, 0.15) is 11.6 Å². The molecule has 0 aliphatic carbocycles. The number of halogens is 4. The fourth-order valence-corrected chi connectivity index (χ4v) is 2.70. The van der Waals surface area contributed by atoms with Crippen LogP contribution in [0.15, 0.2) is 48.7 Å². The van der Waals surface area contributed by atoms with Gasteiger partial charge in [-0.2, -0.15) is 4.98 Å². The summed E-state index contributed by atoms with van der Waals surface area (Å²) in [4.78, 5) is 13.3. The summed E-state index contributed by atoms with van der Waals surface area (Å²) in [5.41, 5.74) is 1.68. The second kappa shape index (κ2) is 9.17. The summed E-state index contributed by atoms with van der Waals surface area (Å²) in [7, 11) is 0. The van der Waals surface area contributed by atoms with Crippen LogP contribution >= 0.6 is 11.6 Å². The zero-order chi connectivity index (χ0) is 21.7. The Morgan fingerprint density at radius 1 is 1.10 bits per heavy atom. The number of nitrogens with one attached hydrogen (secondary N) is 2. The topological polar surface area (TPSA) is 72.0 Å². The first-order valence-corrected chi connectivity index (χ1v) is 9.50. The number of benzene rings is 1. The molecule has 0 bridgehead atoms. The summed E-state index contributed by atoms with van der Waals surface area (Å²) in [5, 5.41) is 6.06. The zero-order valence-electron chi connectivity index (χ0n) is 16.2. The molecule has 0 saturated heterocycles. The van der Waals surface area contributed by atoms with Gasteiger partial charge < -0.3 is 15.4 Å². The van der Waals surface area contributed by atoms with Crippen LogP contribution in [0.3, 0.4) is 0 Å². The average Bonchev–Trinajstić information content (AvgIpc) is 2.69. The zero-order valence-corrected chi connectivity index (χ0v) is 16.9. The Morgan fingerprint density at radius 3 is 2.53 bits per heavy atom. The standard InChI is InChI=1S/C20H19ClF3N5O/c1-3-12(2)26-19-28-16(15-6-4-5-9-25-15)11-18(29-19)27-13-7-8-17(14(21)10-13)30-20(22,23)24/h4-12H,3H2,1-2H3,(H2,26,27,28,29)/t12-/m1/s1. The van der Waals surface area contributed by atoms with Crippen molar-refractivity contribution in [3.05, 3.63) is 53.7 Å². The van der Waals surface area contributed by atoms with E-state index in [4.69, 9.17) is 11.6 Å². The van der Waals surface area contributed by atoms with Crippen LogP contribution in [-0.4, -0.2) is 27.4 Å². The Kier molecular flexibility index (Phi) is 6.61. The lowest BCUT2D eigenvalue weighted by Crippen LogP contribution is -2.17. The molecule has 3 rings (SSSR count). The molecule has 0 unspecified atom stereocenters. The van der Waals surface area contributed by atoms with Crippen molar-refractivity contribution in [3.63, 3.8) is 0 Å². The number of hydrogen-bond donors (Lipinski definition) is 2. The van der Waals surface area contributed by atoms with E-state index >= 15 is 0 Å². The van der Waals surface area contributed by atoms with Gasteiger partial charge in [0.15, 0.2) is 0 Å². The normalized spacial score (nSPS) is 12.3. The van der Waals surface area contributed by atoms with Crippen LogP contribution in [0.25, 0.3) is 11.4 Å². The molecule has 2 N–H and O–H groups in total. The van der Waals surface area contributed by atoms with Crippen LogP contribution in [0, 0.1) is 0 Å². The highest BCUT2D eigenvalue weighted by Gasteiger charge is 2.32. The van der Waals surface area contributed by atoms with Crippen LogP contribution in [0.4, 0.5) is 30.6 Å². The molecule has 0 aliphatic rings. The molecule has 30 heavy (non-hydrogen) atoms. The van der Waals surface area contributed by atoms with Crippen LogP contribution in [0.2, 0.25) is 5.02 Å². The maximum Gasteiger partial charge on any atom is 0.573 e. The van der Waals surface area contributed by atoms with Crippen LogP contribution < -0.4 is 15.4 Å². The van der Waals surface area contributed by atoms with E-state index in [1.54, 1.807) is 18.3 Å². The Hall–Kier alpha value is -3.07. The van der Waals surface area contributed by atoms with Gasteiger partial charge in [0, 0.05) is 24.0 Å². The summed E-state index contributed by atoms with van der Waals surface area (Å²) in [5.74, 6) is 0.348. The molecule has 158 valence electrons. The molecule has 0 fully saturated rings. The van der Waals surface area contributed by atoms with Crippen molar-refractivity contribution in [2.75, 3.05) is 10.6 Å². The lowest BCUT2D eigenvalue weighted by atomic mass is 10.2. The van der Waals surface area contributed by atoms with E-state index in [2.05, 4.69) is 30.3 Å². The Morgan fingerprint density at radius 2 is 1.90 bits per heavy atom. The second-order valence-corrected chi connectivity index (χ2v) is 6.86. The molecule has 1 atom stereocenters. The van der Waals surface area contributed by atoms with Gasteiger partial charge in [-0.1, -0.05) is 24.6 Å². The average molecular weight is 438 g/mol. The maximum absolute atomic E-state index is 12.4. The summed E-state index contributed by atoms with van der Waals surface area (Å²) < 4.78 is 41.2. The van der Waals surface area contributed by atoms with Crippen LogP contribution in [-0.2, 0) is 0 Å². The van der Waals surface area contributed by atoms with Crippen molar-refractivity contribution in [2.45, 2.75) is 32.7 Å². The molecule has 3 aromatic rings. The maximum atomic E-state index is 12.4. The van der Waals surface area contributed by atoms with Crippen molar-refractivity contribution in [3.8, 4) is 17.1 Å². The number of anilines is 3. The molecule has 2 heterocycles. The first-order valence-electron chi connectivity index (χ1n) is 9.13. The molecular formula is C20H19ClF3N5O. The fourth-order valence-electron chi connectivity index (χ4n) is 2.48. The highest BCUT2D eigenvalue weighted by atomic mass is 35.5. The van der Waals surface area contributed by atoms with Gasteiger partial charge in [0.05, 0.1) is 16.4 Å². The van der Waals surface area contributed by atoms with E-state index in [0.29, 0.717) is 28.8 Å². The number of alkyl halides is 3. The van der Waals surface area contributed by atoms with Crippen molar-refractivity contribution < 1.29 is 17.9 Å². The molecule has 0 aliphatic heterocycles. The minimum atomic E-state index is -4.82. The smallest absolute Gasteiger partial charge is 0.404 e. The Labute approximate surface area is 176 Å². The van der Waals surface area contributed by atoms with Crippen molar-refractivity contribution in [1.82, 2.24) is 15.0 Å². The van der Waals surface area contributed by atoms with Gasteiger partial charge in [-0.15, -0.1) is 13.2 Å². The first kappa shape index (κ1) is 21.6. The molecule has 0 amide bonds. The number of pyridine rings is 1. The molecule has 1 aromatic carbocycles. The predicted octanol–water partition coefficient (Wildman–Crippen LogP) is 6.04. The number of rotatable bonds is 7. The largest absolute Gasteiger partial charge is 0.573 e. The van der Waals surface area contributed by atoms with Gasteiger partial charge in [0.2, 0.25) is 5.95 Å². The Bertz CT molecular complexity index is 1000. The fraction of sp³-hybridized carbons (Fsp3) is 0.250. The third kappa shape index (κ3) is 5.96. The van der Waals surface area contributed by atoms with E-state index in [1.807, 2.05) is 26.0 Å². The molecule has 0 radical (unpaired) electrons. The van der Waals surface area contributed by atoms with Gasteiger partial charge in [-0.3, -0.25) is 4.98 Å². The van der Waals surface area contributed by atoms with Crippen LogP contribution in [0.1, 0.15) is 20.3 Å². The summed E-state index contributed by atoms with van der Waals surface area (Å²) >= 11 is 5.93. The molecule has 0 saturated carbocycles. The van der Waals surface area contributed by atoms with Crippen molar-refractivity contribution >= 4 is 29.1 Å². The van der Waals surface area contributed by atoms with Gasteiger partial charge in [0.25, 0.3) is 0 Å². The van der Waals surface area contributed by atoms with Crippen molar-refractivity contribution in [2.24, 2.45) is 0 Å². The summed E-state index contributed by atoms with van der Waals surface area (Å²) in [6.07, 6.45) is -2.29. The monoisotopic (exact) mass is 437 g/mol. The van der Waals surface area contributed by atoms with E-state index in [9.17, 15) is 13.2 Å². The third-order valence-corrected chi connectivity index (χ3v) is 4.37. The summed E-state index contributed by atoms with van der Waals surface area (Å²) in [6, 6.07) is 11.2. The first-order chi connectivity index (χ1) is 14.2. The second-order valence-electron chi connectivity index (χ2n) is 6.45. The molecule has 2 aromatic heterocycles. The minimum Gasteiger partial charge on any atom is -0.404 e. The van der Waals surface area contributed by atoms with E-state index in [-0.39, 0.29) is 11.1 Å². The molecule has 10 heteroatoms. The number of aromatic nitrogens is 3. The lowest BCUT2D eigenvalue weighted by Gasteiger charge is -2.15. The van der Waals surface area contributed by atoms with Gasteiger partial charge in [-0.25, -0.2) is 4.98 Å². The predicted molar refractivity (Wildman–Crippen MR) is 110 cm³/mol. The lowest BCUT2D eigenvalue weighted by molar-refractivity contribution is -0.274. The Balaban J connectivity index is 1.91. The SMILES string of the molecule is CC[C@@H](C)Nc1nc(Nc2ccc(OC(F)(F)F)c(Cl)c2)cc(-c2ccccn2)n1. The number of ether oxygens (including phenoxy) is 1. The van der Waals surface area contributed by atoms with Crippen LogP contribution in [0.5, 0.6) is 5.75 Å². The molecular weight excluding hydrogens is 419 g/mol. The van der Waals surface area contributed by atoms with E-state index in [0.717, 1.165) is 12.5 Å².